The molecule has 4 heteroatoms. The van der Waals surface area contributed by atoms with Gasteiger partial charge in [0.15, 0.2) is 0 Å². The molecule has 0 N–H and O–H groups in total. The summed E-state index contributed by atoms with van der Waals surface area (Å²) in [6.45, 7) is 0.675. The molecule has 68 valence electrons. The highest BCUT2D eigenvalue weighted by Crippen LogP contribution is 2.29. The lowest BCUT2D eigenvalue weighted by Gasteiger charge is -2.14. The van der Waals surface area contributed by atoms with Gasteiger partial charge in [0, 0.05) is 13.6 Å². The molecule has 1 aliphatic carbocycles. The Bertz CT molecular complexity index is 198. The molecule has 4 nitrogen and oxygen atoms in total. The zero-order chi connectivity index (χ0) is 9.14. The van der Waals surface area contributed by atoms with E-state index in [1.165, 1.54) is 24.9 Å². The van der Waals surface area contributed by atoms with Gasteiger partial charge in [-0.05, 0) is 18.8 Å². The third-order valence-corrected chi connectivity index (χ3v) is 1.94. The molecule has 0 aromatic heterocycles. The number of hydrogen-bond acceptors (Lipinski definition) is 3. The van der Waals surface area contributed by atoms with E-state index in [-0.39, 0.29) is 0 Å². The SMILES string of the molecule is COC(=O)C(=O)N(C)CC1CC1. The van der Waals surface area contributed by atoms with Crippen molar-refractivity contribution in [2.24, 2.45) is 5.92 Å². The number of methoxy groups -OCH3 is 1. The zero-order valence-electron chi connectivity index (χ0n) is 7.37. The van der Waals surface area contributed by atoms with Crippen LogP contribution in [0.15, 0.2) is 0 Å². The van der Waals surface area contributed by atoms with Crippen LogP contribution in [-0.4, -0.2) is 37.5 Å². The highest BCUT2D eigenvalue weighted by Gasteiger charge is 2.27. The molecule has 0 bridgehead atoms. The van der Waals surface area contributed by atoms with Crippen LogP contribution in [0.1, 0.15) is 12.8 Å². The largest absolute Gasteiger partial charge is 0.462 e. The molecule has 1 fully saturated rings. The third kappa shape index (κ3) is 2.22. The van der Waals surface area contributed by atoms with Crippen molar-refractivity contribution in [1.82, 2.24) is 4.90 Å². The molecule has 1 aliphatic rings. The Hall–Kier alpha value is -1.06. The third-order valence-electron chi connectivity index (χ3n) is 1.94. The van der Waals surface area contributed by atoms with E-state index in [2.05, 4.69) is 4.74 Å². The van der Waals surface area contributed by atoms with Gasteiger partial charge in [0.05, 0.1) is 7.11 Å². The smallest absolute Gasteiger partial charge is 0.396 e. The van der Waals surface area contributed by atoms with Crippen molar-refractivity contribution >= 4 is 11.9 Å². The molecular formula is C8H13NO3. The monoisotopic (exact) mass is 171 g/mol. The second-order valence-electron chi connectivity index (χ2n) is 3.12. The molecule has 0 saturated heterocycles. The molecular weight excluding hydrogens is 158 g/mol. The van der Waals surface area contributed by atoms with Crippen LogP contribution in [0.5, 0.6) is 0 Å². The van der Waals surface area contributed by atoms with Crippen molar-refractivity contribution in [3.63, 3.8) is 0 Å². The molecule has 0 aromatic carbocycles. The van der Waals surface area contributed by atoms with E-state index in [1.807, 2.05) is 0 Å². The van der Waals surface area contributed by atoms with Crippen molar-refractivity contribution in [3.8, 4) is 0 Å². The molecule has 0 heterocycles. The van der Waals surface area contributed by atoms with Crippen molar-refractivity contribution in [2.45, 2.75) is 12.8 Å². The fraction of sp³-hybridized carbons (Fsp3) is 0.750. The minimum Gasteiger partial charge on any atom is -0.462 e. The van der Waals surface area contributed by atoms with Gasteiger partial charge in [-0.3, -0.25) is 4.79 Å². The normalized spacial score (nSPS) is 15.5. The first-order valence-corrected chi connectivity index (χ1v) is 3.98. The number of ether oxygens (including phenoxy) is 1. The number of carbonyl (C=O) groups is 2. The summed E-state index contributed by atoms with van der Waals surface area (Å²) in [7, 11) is 2.84. The van der Waals surface area contributed by atoms with Gasteiger partial charge < -0.3 is 9.64 Å². The van der Waals surface area contributed by atoms with Crippen molar-refractivity contribution in [2.75, 3.05) is 20.7 Å². The second-order valence-corrected chi connectivity index (χ2v) is 3.12. The predicted octanol–water partition coefficient (Wildman–Crippen LogP) is 0.0278. The first-order chi connectivity index (χ1) is 5.65. The number of carbonyl (C=O) groups excluding carboxylic acids is 2. The summed E-state index contributed by atoms with van der Waals surface area (Å²) >= 11 is 0. The molecule has 12 heavy (non-hydrogen) atoms. The van der Waals surface area contributed by atoms with Crippen LogP contribution >= 0.6 is 0 Å². The lowest BCUT2D eigenvalue weighted by molar-refractivity contribution is -0.157. The van der Waals surface area contributed by atoms with E-state index in [4.69, 9.17) is 0 Å². The first kappa shape index (κ1) is 9.03. The molecule has 0 radical (unpaired) electrons. The molecule has 0 unspecified atom stereocenters. The van der Waals surface area contributed by atoms with Crippen LogP contribution in [0.3, 0.4) is 0 Å². The lowest BCUT2D eigenvalue weighted by atomic mass is 10.4. The maximum absolute atomic E-state index is 11.1. The van der Waals surface area contributed by atoms with Crippen LogP contribution in [0.4, 0.5) is 0 Å². The Morgan fingerprint density at radius 2 is 2.08 bits per heavy atom. The van der Waals surface area contributed by atoms with Gasteiger partial charge in [-0.1, -0.05) is 0 Å². The molecule has 1 amide bonds. The first-order valence-electron chi connectivity index (χ1n) is 3.98. The number of likely N-dealkylation sites (N-methyl/N-ethyl adjacent to an activating group) is 1. The summed E-state index contributed by atoms with van der Waals surface area (Å²) in [5.74, 6) is -0.730. The van der Waals surface area contributed by atoms with Crippen LogP contribution in [0.2, 0.25) is 0 Å². The highest BCUT2D eigenvalue weighted by molar-refractivity contribution is 6.32. The van der Waals surface area contributed by atoms with E-state index in [9.17, 15) is 9.59 Å². The molecule has 1 rings (SSSR count). The van der Waals surface area contributed by atoms with Crippen LogP contribution < -0.4 is 0 Å². The Kier molecular flexibility index (Phi) is 2.68. The molecule has 0 aliphatic heterocycles. The Morgan fingerprint density at radius 1 is 1.50 bits per heavy atom. The minimum absolute atomic E-state index is 0.551. The lowest BCUT2D eigenvalue weighted by Crippen LogP contribution is -2.35. The summed E-state index contributed by atoms with van der Waals surface area (Å²) in [6, 6.07) is 0. The Balaban J connectivity index is 2.33. The van der Waals surface area contributed by atoms with E-state index in [0.29, 0.717) is 12.5 Å². The predicted molar refractivity (Wildman–Crippen MR) is 42.4 cm³/mol. The molecule has 0 spiro atoms. The Morgan fingerprint density at radius 3 is 2.50 bits per heavy atom. The van der Waals surface area contributed by atoms with Gasteiger partial charge in [0.1, 0.15) is 0 Å². The number of rotatable bonds is 2. The number of amides is 1. The number of esters is 1. The molecule has 0 atom stereocenters. The fourth-order valence-electron chi connectivity index (χ4n) is 1.01. The maximum atomic E-state index is 11.1. The van der Waals surface area contributed by atoms with Crippen molar-refractivity contribution in [3.05, 3.63) is 0 Å². The standard InChI is InChI=1S/C8H13NO3/c1-9(5-6-3-4-6)7(10)8(11)12-2/h6H,3-5H2,1-2H3. The highest BCUT2D eigenvalue weighted by atomic mass is 16.5. The number of hydrogen-bond donors (Lipinski definition) is 0. The Labute approximate surface area is 71.5 Å². The quantitative estimate of drug-likeness (QED) is 0.435. The van der Waals surface area contributed by atoms with Gasteiger partial charge in [-0.2, -0.15) is 0 Å². The average molecular weight is 171 g/mol. The van der Waals surface area contributed by atoms with E-state index in [1.54, 1.807) is 7.05 Å². The van der Waals surface area contributed by atoms with Gasteiger partial charge in [-0.25, -0.2) is 4.79 Å². The summed E-state index contributed by atoms with van der Waals surface area (Å²) < 4.78 is 4.30. The second kappa shape index (κ2) is 3.56. The van der Waals surface area contributed by atoms with Crippen molar-refractivity contribution < 1.29 is 14.3 Å². The van der Waals surface area contributed by atoms with Crippen LogP contribution in [0, 0.1) is 5.92 Å². The van der Waals surface area contributed by atoms with Crippen molar-refractivity contribution in [1.29, 1.82) is 0 Å². The average Bonchev–Trinajstić information content (AvgIpc) is 2.85. The van der Waals surface area contributed by atoms with Gasteiger partial charge in [0.25, 0.3) is 0 Å². The van der Waals surface area contributed by atoms with Crippen LogP contribution in [0.25, 0.3) is 0 Å². The van der Waals surface area contributed by atoms with E-state index in [0.717, 1.165) is 0 Å². The summed E-state index contributed by atoms with van der Waals surface area (Å²) in [5.41, 5.74) is 0. The summed E-state index contributed by atoms with van der Waals surface area (Å²) in [4.78, 5) is 23.3. The fourth-order valence-corrected chi connectivity index (χ4v) is 1.01. The van der Waals surface area contributed by atoms with Gasteiger partial charge in [-0.15, -0.1) is 0 Å². The number of nitrogens with zero attached hydrogens (tertiary/aromatic N) is 1. The molecule has 1 saturated carbocycles. The maximum Gasteiger partial charge on any atom is 0.396 e. The van der Waals surface area contributed by atoms with Gasteiger partial charge >= 0.3 is 11.9 Å². The topological polar surface area (TPSA) is 46.6 Å². The summed E-state index contributed by atoms with van der Waals surface area (Å²) in [5, 5.41) is 0. The zero-order valence-corrected chi connectivity index (χ0v) is 7.37. The van der Waals surface area contributed by atoms with Gasteiger partial charge in [0.2, 0.25) is 0 Å². The van der Waals surface area contributed by atoms with E-state index >= 15 is 0 Å². The van der Waals surface area contributed by atoms with Crippen LogP contribution in [-0.2, 0) is 14.3 Å². The van der Waals surface area contributed by atoms with E-state index < -0.39 is 11.9 Å². The minimum atomic E-state index is -0.779. The molecule has 0 aromatic rings. The summed E-state index contributed by atoms with van der Waals surface area (Å²) in [6.07, 6.45) is 2.33.